The Labute approximate surface area is 161 Å². The zero-order chi connectivity index (χ0) is 19.7. The van der Waals surface area contributed by atoms with Crippen LogP contribution in [0.1, 0.15) is 66.2 Å². The van der Waals surface area contributed by atoms with Gasteiger partial charge in [0.1, 0.15) is 0 Å². The van der Waals surface area contributed by atoms with Crippen molar-refractivity contribution in [3.8, 4) is 0 Å². The zero-order valence-corrected chi connectivity index (χ0v) is 17.7. The standard InChI is InChI=1S/C20H35NO4S/c1-7-9-10-16(25-6)14(3)18(22)21(26(23)24)17-13-15-11-12-20(17,8-2)19(15,4)5/h7,14-17H,1,8-13H2,2-6H3,(H,23,24)/t14-,15?,16-,17?,20?/m1/s1. The van der Waals surface area contributed by atoms with Gasteiger partial charge in [0.2, 0.25) is 5.91 Å². The van der Waals surface area contributed by atoms with Crippen LogP contribution in [0.3, 0.4) is 0 Å². The summed E-state index contributed by atoms with van der Waals surface area (Å²) >= 11 is -2.32. The maximum Gasteiger partial charge on any atom is 0.264 e. The molecule has 2 aliphatic carbocycles. The number of carbonyl (C=O) groups excluding carboxylic acids is 1. The van der Waals surface area contributed by atoms with E-state index in [0.717, 1.165) is 32.1 Å². The monoisotopic (exact) mass is 385 g/mol. The van der Waals surface area contributed by atoms with Crippen molar-refractivity contribution in [2.75, 3.05) is 7.11 Å². The second-order valence-corrected chi connectivity index (χ2v) is 9.40. The van der Waals surface area contributed by atoms with Gasteiger partial charge in [-0.1, -0.05) is 33.8 Å². The van der Waals surface area contributed by atoms with Crippen LogP contribution in [0.15, 0.2) is 12.7 Å². The average Bonchev–Trinajstić information content (AvgIpc) is 2.97. The van der Waals surface area contributed by atoms with E-state index >= 15 is 0 Å². The van der Waals surface area contributed by atoms with Gasteiger partial charge in [0.05, 0.1) is 18.1 Å². The smallest absolute Gasteiger partial charge is 0.264 e. The highest BCUT2D eigenvalue weighted by atomic mass is 32.2. The Morgan fingerprint density at radius 3 is 2.62 bits per heavy atom. The lowest BCUT2D eigenvalue weighted by molar-refractivity contribution is -0.138. The van der Waals surface area contributed by atoms with Gasteiger partial charge in [-0.15, -0.1) is 6.58 Å². The molecule has 1 amide bonds. The molecule has 4 unspecified atom stereocenters. The molecule has 0 aromatic carbocycles. The van der Waals surface area contributed by atoms with Crippen LogP contribution in [0.5, 0.6) is 0 Å². The lowest BCUT2D eigenvalue weighted by Crippen LogP contribution is -2.54. The van der Waals surface area contributed by atoms with Crippen LogP contribution in [0.2, 0.25) is 0 Å². The van der Waals surface area contributed by atoms with Crippen molar-refractivity contribution in [3.05, 3.63) is 12.7 Å². The molecule has 1 N–H and O–H groups in total. The molecule has 0 spiro atoms. The molecular weight excluding hydrogens is 350 g/mol. The first-order chi connectivity index (χ1) is 12.2. The van der Waals surface area contributed by atoms with Crippen LogP contribution >= 0.6 is 0 Å². The van der Waals surface area contributed by atoms with E-state index in [4.69, 9.17) is 4.74 Å². The predicted octanol–water partition coefficient (Wildman–Crippen LogP) is 4.17. The van der Waals surface area contributed by atoms with Gasteiger partial charge in [-0.05, 0) is 55.3 Å². The van der Waals surface area contributed by atoms with Crippen LogP contribution in [0, 0.1) is 22.7 Å². The molecule has 0 heterocycles. The number of methoxy groups -OCH3 is 1. The Hall–Kier alpha value is -0.720. The summed E-state index contributed by atoms with van der Waals surface area (Å²) in [6.45, 7) is 12.2. The van der Waals surface area contributed by atoms with Gasteiger partial charge < -0.3 is 4.74 Å². The second-order valence-electron chi connectivity index (χ2n) is 8.54. The van der Waals surface area contributed by atoms with E-state index in [1.165, 1.54) is 4.31 Å². The molecule has 0 aromatic rings. The highest BCUT2D eigenvalue weighted by Crippen LogP contribution is 2.68. The summed E-state index contributed by atoms with van der Waals surface area (Å²) in [5.41, 5.74) is -0.00776. The molecule has 0 aliphatic heterocycles. The number of carbonyl (C=O) groups is 1. The van der Waals surface area contributed by atoms with E-state index in [0.29, 0.717) is 12.3 Å². The van der Waals surface area contributed by atoms with Gasteiger partial charge in [0.25, 0.3) is 11.3 Å². The molecular formula is C20H35NO4S. The maximum absolute atomic E-state index is 13.2. The molecule has 2 fully saturated rings. The van der Waals surface area contributed by atoms with Crippen LogP contribution in [-0.2, 0) is 20.8 Å². The van der Waals surface area contributed by atoms with Crippen LogP contribution in [0.4, 0.5) is 0 Å². The first-order valence-corrected chi connectivity index (χ1v) is 10.8. The molecule has 5 nitrogen and oxygen atoms in total. The minimum Gasteiger partial charge on any atom is -0.381 e. The number of amides is 1. The highest BCUT2D eigenvalue weighted by molar-refractivity contribution is 7.77. The van der Waals surface area contributed by atoms with Crippen molar-refractivity contribution in [1.29, 1.82) is 0 Å². The minimum absolute atomic E-state index is 0.0804. The maximum atomic E-state index is 13.2. The third kappa shape index (κ3) is 3.29. The van der Waals surface area contributed by atoms with Crippen molar-refractivity contribution in [3.63, 3.8) is 0 Å². The predicted molar refractivity (Wildman–Crippen MR) is 105 cm³/mol. The van der Waals surface area contributed by atoms with E-state index < -0.39 is 17.2 Å². The van der Waals surface area contributed by atoms with Gasteiger partial charge >= 0.3 is 0 Å². The Morgan fingerprint density at radius 2 is 2.15 bits per heavy atom. The summed E-state index contributed by atoms with van der Waals surface area (Å²) in [5, 5.41) is 0. The molecule has 0 aromatic heterocycles. The topological polar surface area (TPSA) is 66.8 Å². The van der Waals surface area contributed by atoms with Gasteiger partial charge in [0, 0.05) is 7.11 Å². The lowest BCUT2D eigenvalue weighted by atomic mass is 9.66. The van der Waals surface area contributed by atoms with E-state index in [1.54, 1.807) is 20.1 Å². The Morgan fingerprint density at radius 1 is 1.50 bits per heavy atom. The van der Waals surface area contributed by atoms with Gasteiger partial charge in [-0.2, -0.15) is 0 Å². The molecule has 2 bridgehead atoms. The van der Waals surface area contributed by atoms with Gasteiger partial charge in [0.15, 0.2) is 0 Å². The minimum atomic E-state index is -2.32. The van der Waals surface area contributed by atoms with E-state index in [1.807, 2.05) is 0 Å². The van der Waals surface area contributed by atoms with Crippen LogP contribution < -0.4 is 0 Å². The molecule has 2 rings (SSSR count). The fourth-order valence-corrected chi connectivity index (χ4v) is 6.59. The van der Waals surface area contributed by atoms with Gasteiger partial charge in [-0.25, -0.2) is 8.51 Å². The summed E-state index contributed by atoms with van der Waals surface area (Å²) in [4.78, 5) is 13.2. The summed E-state index contributed by atoms with van der Waals surface area (Å²) in [7, 11) is 1.59. The molecule has 0 radical (unpaired) electrons. The summed E-state index contributed by atoms with van der Waals surface area (Å²) in [5.74, 6) is -0.240. The molecule has 6 heteroatoms. The van der Waals surface area contributed by atoms with Gasteiger partial charge in [-0.3, -0.25) is 9.35 Å². The fraction of sp³-hybridized carbons (Fsp3) is 0.850. The van der Waals surface area contributed by atoms with E-state index in [-0.39, 0.29) is 28.9 Å². The van der Waals surface area contributed by atoms with Crippen molar-refractivity contribution < 1.29 is 18.3 Å². The van der Waals surface area contributed by atoms with Crippen molar-refractivity contribution >= 4 is 17.2 Å². The zero-order valence-electron chi connectivity index (χ0n) is 16.9. The number of fused-ring (bicyclic) bond motifs is 2. The summed E-state index contributed by atoms with van der Waals surface area (Å²) in [6.07, 6.45) is 6.84. The number of rotatable bonds is 9. The van der Waals surface area contributed by atoms with Crippen molar-refractivity contribution in [2.24, 2.45) is 22.7 Å². The lowest BCUT2D eigenvalue weighted by Gasteiger charge is -2.45. The number of allylic oxidation sites excluding steroid dienone is 1. The number of hydrogen-bond donors (Lipinski definition) is 1. The van der Waals surface area contributed by atoms with Crippen molar-refractivity contribution in [2.45, 2.75) is 78.4 Å². The fourth-order valence-electron chi connectivity index (χ4n) is 5.77. The van der Waals surface area contributed by atoms with Crippen molar-refractivity contribution in [1.82, 2.24) is 4.31 Å². The molecule has 6 atom stereocenters. The molecule has 2 saturated carbocycles. The van der Waals surface area contributed by atoms with E-state index in [9.17, 15) is 13.6 Å². The van der Waals surface area contributed by atoms with E-state index in [2.05, 4.69) is 27.4 Å². The Bertz CT molecular complexity index is 564. The number of hydrogen-bond acceptors (Lipinski definition) is 3. The SMILES string of the molecule is C=CCC[C@@H](OC)[C@@H](C)C(=O)N(C1CC2CCC1(CC)C2(C)C)S(=O)O. The quantitative estimate of drug-likeness (QED) is 0.478. The first-order valence-electron chi connectivity index (χ1n) is 9.75. The number of nitrogens with zero attached hydrogens (tertiary/aromatic N) is 1. The normalized spacial score (nSPS) is 32.8. The molecule has 2 aliphatic rings. The third-order valence-electron chi connectivity index (χ3n) is 7.59. The molecule has 26 heavy (non-hydrogen) atoms. The Kier molecular flexibility index (Phi) is 6.73. The summed E-state index contributed by atoms with van der Waals surface area (Å²) in [6, 6.07) is -0.182. The van der Waals surface area contributed by atoms with Crippen LogP contribution in [0.25, 0.3) is 0 Å². The summed E-state index contributed by atoms with van der Waals surface area (Å²) < 4.78 is 29.1. The van der Waals surface area contributed by atoms with Crippen LogP contribution in [-0.4, -0.2) is 38.2 Å². The largest absolute Gasteiger partial charge is 0.381 e. The third-order valence-corrected chi connectivity index (χ3v) is 8.36. The average molecular weight is 386 g/mol. The first kappa shape index (κ1) is 21.6. The second kappa shape index (κ2) is 8.11. The Balaban J connectivity index is 2.30. The molecule has 150 valence electrons. The highest BCUT2D eigenvalue weighted by Gasteiger charge is 2.65. The number of ether oxygens (including phenoxy) is 1. The molecule has 0 saturated heterocycles.